The highest BCUT2D eigenvalue weighted by molar-refractivity contribution is 14.1. The van der Waals surface area contributed by atoms with Crippen LogP contribution in [0, 0.1) is 14.9 Å². The Labute approximate surface area is 145 Å². The predicted octanol–water partition coefficient (Wildman–Crippen LogP) is 3.63. The van der Waals surface area contributed by atoms with Crippen LogP contribution in [0.3, 0.4) is 0 Å². The van der Waals surface area contributed by atoms with E-state index < -0.39 is 0 Å². The van der Waals surface area contributed by atoms with E-state index in [0.717, 1.165) is 20.3 Å². The Morgan fingerprint density at radius 3 is 2.35 bits per heavy atom. The van der Waals surface area contributed by atoms with E-state index in [-0.39, 0.29) is 0 Å². The molecular formula is C17H10IN5. The van der Waals surface area contributed by atoms with Crippen LogP contribution in [0.25, 0.3) is 27.9 Å². The number of anilines is 1. The third kappa shape index (κ3) is 2.04. The van der Waals surface area contributed by atoms with E-state index in [1.165, 1.54) is 0 Å². The van der Waals surface area contributed by atoms with Crippen LogP contribution in [0.4, 0.5) is 5.82 Å². The molecule has 0 aliphatic rings. The van der Waals surface area contributed by atoms with Gasteiger partial charge < -0.3 is 5.73 Å². The molecule has 0 saturated carbocycles. The summed E-state index contributed by atoms with van der Waals surface area (Å²) < 4.78 is 2.82. The first-order valence-corrected chi connectivity index (χ1v) is 8.00. The van der Waals surface area contributed by atoms with Crippen LogP contribution in [0.15, 0.2) is 48.5 Å². The van der Waals surface area contributed by atoms with Gasteiger partial charge in [-0.25, -0.2) is 9.97 Å². The largest absolute Gasteiger partial charge is 0.384 e. The molecule has 0 bridgehead atoms. The number of nitrogens with zero attached hydrogens (tertiary/aromatic N) is 4. The maximum absolute atomic E-state index is 9.51. The van der Waals surface area contributed by atoms with Gasteiger partial charge in [-0.2, -0.15) is 5.26 Å². The minimum absolute atomic E-state index is 0.359. The summed E-state index contributed by atoms with van der Waals surface area (Å²) in [5.74, 6) is 0.363. The molecule has 23 heavy (non-hydrogen) atoms. The van der Waals surface area contributed by atoms with Crippen LogP contribution in [0.1, 0.15) is 5.56 Å². The van der Waals surface area contributed by atoms with Crippen LogP contribution in [-0.4, -0.2) is 14.5 Å². The number of aromatic nitrogens is 3. The van der Waals surface area contributed by atoms with Crippen molar-refractivity contribution in [3.8, 4) is 11.8 Å². The SMILES string of the molecule is N#Cc1c(N)n(-c2ccccc2I)c2nc3ccccc3nc12. The van der Waals surface area contributed by atoms with Gasteiger partial charge in [0.2, 0.25) is 0 Å². The fourth-order valence-corrected chi connectivity index (χ4v) is 3.28. The molecule has 4 rings (SSSR count). The molecule has 0 fully saturated rings. The second-order valence-corrected chi connectivity index (χ2v) is 6.21. The summed E-state index contributed by atoms with van der Waals surface area (Å²) in [6, 6.07) is 17.6. The molecule has 2 N–H and O–H groups in total. The Kier molecular flexibility index (Phi) is 3.16. The number of nitrogens with two attached hydrogens (primary N) is 1. The standard InChI is InChI=1S/C17H10IN5/c18-11-5-1-4-8-14(11)23-16(20)10(9-19)15-17(23)22-13-7-3-2-6-12(13)21-15/h1-8H,20H2. The Hall–Kier alpha value is -2.66. The van der Waals surface area contributed by atoms with Crippen molar-refractivity contribution >= 4 is 50.6 Å². The molecule has 0 spiro atoms. The lowest BCUT2D eigenvalue weighted by molar-refractivity contribution is 1.10. The molecule has 0 aliphatic heterocycles. The van der Waals surface area contributed by atoms with Gasteiger partial charge in [-0.3, -0.25) is 4.57 Å². The normalized spacial score (nSPS) is 11.0. The van der Waals surface area contributed by atoms with E-state index in [2.05, 4.69) is 33.6 Å². The molecule has 2 heterocycles. The Morgan fingerprint density at radius 1 is 1.00 bits per heavy atom. The third-order valence-electron chi connectivity index (χ3n) is 3.70. The first-order valence-electron chi connectivity index (χ1n) is 6.92. The lowest BCUT2D eigenvalue weighted by atomic mass is 10.2. The third-order valence-corrected chi connectivity index (χ3v) is 4.62. The van der Waals surface area contributed by atoms with E-state index in [9.17, 15) is 5.26 Å². The smallest absolute Gasteiger partial charge is 0.167 e. The molecule has 2 aromatic carbocycles. The van der Waals surface area contributed by atoms with E-state index >= 15 is 0 Å². The fourth-order valence-electron chi connectivity index (χ4n) is 2.65. The van der Waals surface area contributed by atoms with Gasteiger partial charge in [0.25, 0.3) is 0 Å². The van der Waals surface area contributed by atoms with E-state index in [1.807, 2.05) is 48.5 Å². The summed E-state index contributed by atoms with van der Waals surface area (Å²) in [6.45, 7) is 0. The average Bonchev–Trinajstić information content (AvgIpc) is 2.84. The van der Waals surface area contributed by atoms with Gasteiger partial charge in [0.1, 0.15) is 23.0 Å². The monoisotopic (exact) mass is 411 g/mol. The summed E-state index contributed by atoms with van der Waals surface area (Å²) in [6.07, 6.45) is 0. The van der Waals surface area contributed by atoms with E-state index in [4.69, 9.17) is 10.7 Å². The lowest BCUT2D eigenvalue weighted by Crippen LogP contribution is -2.03. The number of halogens is 1. The van der Waals surface area contributed by atoms with Crippen molar-refractivity contribution in [2.75, 3.05) is 5.73 Å². The van der Waals surface area contributed by atoms with Gasteiger partial charge in [0.15, 0.2) is 5.65 Å². The van der Waals surface area contributed by atoms with Crippen molar-refractivity contribution in [2.24, 2.45) is 0 Å². The number of fused-ring (bicyclic) bond motifs is 2. The van der Waals surface area contributed by atoms with Gasteiger partial charge in [-0.15, -0.1) is 0 Å². The predicted molar refractivity (Wildman–Crippen MR) is 98.2 cm³/mol. The van der Waals surface area contributed by atoms with Crippen molar-refractivity contribution in [2.45, 2.75) is 0 Å². The van der Waals surface area contributed by atoms with E-state index in [0.29, 0.717) is 22.5 Å². The van der Waals surface area contributed by atoms with Crippen molar-refractivity contribution < 1.29 is 0 Å². The van der Waals surface area contributed by atoms with Crippen molar-refractivity contribution in [1.29, 1.82) is 5.26 Å². The van der Waals surface area contributed by atoms with Gasteiger partial charge in [0, 0.05) is 3.57 Å². The highest BCUT2D eigenvalue weighted by Crippen LogP contribution is 2.31. The Balaban J connectivity index is 2.20. The molecule has 0 saturated heterocycles. The summed E-state index contributed by atoms with van der Waals surface area (Å²) in [7, 11) is 0. The second-order valence-electron chi connectivity index (χ2n) is 5.04. The minimum atomic E-state index is 0.359. The van der Waals surface area contributed by atoms with Crippen LogP contribution in [0.2, 0.25) is 0 Å². The topological polar surface area (TPSA) is 80.5 Å². The van der Waals surface area contributed by atoms with Crippen LogP contribution >= 0.6 is 22.6 Å². The maximum Gasteiger partial charge on any atom is 0.167 e. The van der Waals surface area contributed by atoms with Crippen molar-refractivity contribution in [1.82, 2.24) is 14.5 Å². The van der Waals surface area contributed by atoms with Gasteiger partial charge in [-0.1, -0.05) is 24.3 Å². The van der Waals surface area contributed by atoms with Gasteiger partial charge >= 0.3 is 0 Å². The summed E-state index contributed by atoms with van der Waals surface area (Å²) in [5.41, 5.74) is 10.1. The molecule has 4 aromatic rings. The van der Waals surface area contributed by atoms with Crippen molar-refractivity contribution in [3.63, 3.8) is 0 Å². The molecule has 0 radical (unpaired) electrons. The average molecular weight is 411 g/mol. The first kappa shape index (κ1) is 14.0. The molecule has 6 heteroatoms. The zero-order chi connectivity index (χ0) is 16.0. The van der Waals surface area contributed by atoms with E-state index in [1.54, 1.807) is 4.57 Å². The Morgan fingerprint density at radius 2 is 1.65 bits per heavy atom. The Bertz CT molecular complexity index is 1110. The molecule has 0 atom stereocenters. The highest BCUT2D eigenvalue weighted by atomic mass is 127. The second kappa shape index (κ2) is 5.21. The summed E-state index contributed by atoms with van der Waals surface area (Å²) in [4.78, 5) is 9.29. The molecule has 5 nitrogen and oxygen atoms in total. The zero-order valence-corrected chi connectivity index (χ0v) is 14.0. The zero-order valence-electron chi connectivity index (χ0n) is 11.9. The van der Waals surface area contributed by atoms with Crippen LogP contribution in [0.5, 0.6) is 0 Å². The number of benzene rings is 2. The quantitative estimate of drug-likeness (QED) is 0.485. The molecule has 0 amide bonds. The number of hydrogen-bond acceptors (Lipinski definition) is 4. The van der Waals surface area contributed by atoms with Gasteiger partial charge in [0.05, 0.1) is 16.7 Å². The summed E-state index contributed by atoms with van der Waals surface area (Å²) in [5, 5.41) is 9.51. The lowest BCUT2D eigenvalue weighted by Gasteiger charge is -2.09. The van der Waals surface area contributed by atoms with Crippen LogP contribution < -0.4 is 5.73 Å². The van der Waals surface area contributed by atoms with Crippen LogP contribution in [-0.2, 0) is 0 Å². The number of hydrogen-bond donors (Lipinski definition) is 1. The van der Waals surface area contributed by atoms with Gasteiger partial charge in [-0.05, 0) is 46.9 Å². The number of para-hydroxylation sites is 3. The highest BCUT2D eigenvalue weighted by Gasteiger charge is 2.20. The maximum atomic E-state index is 9.51. The molecule has 0 unspecified atom stereocenters. The molecule has 0 aliphatic carbocycles. The first-order chi connectivity index (χ1) is 11.2. The molecular weight excluding hydrogens is 401 g/mol. The van der Waals surface area contributed by atoms with Crippen molar-refractivity contribution in [3.05, 3.63) is 57.7 Å². The number of rotatable bonds is 1. The minimum Gasteiger partial charge on any atom is -0.384 e. The fraction of sp³-hybridized carbons (Fsp3) is 0. The number of nitriles is 1. The summed E-state index contributed by atoms with van der Waals surface area (Å²) >= 11 is 2.25. The number of nitrogen functional groups attached to an aromatic ring is 1. The molecule has 2 aromatic heterocycles. The molecule has 110 valence electrons.